The Morgan fingerprint density at radius 1 is 0.750 bits per heavy atom. The zero-order chi connectivity index (χ0) is 13.5. The molecule has 2 atom stereocenters. The van der Waals surface area contributed by atoms with E-state index >= 15 is 0 Å². The molecule has 4 rings (SSSR count). The highest BCUT2D eigenvalue weighted by Crippen LogP contribution is 2.39. The van der Waals surface area contributed by atoms with Gasteiger partial charge >= 0.3 is 0 Å². The van der Waals surface area contributed by atoms with Gasteiger partial charge in [-0.2, -0.15) is 0 Å². The van der Waals surface area contributed by atoms with Crippen molar-refractivity contribution in [2.24, 2.45) is 0 Å². The molecule has 0 aromatic heterocycles. The van der Waals surface area contributed by atoms with Gasteiger partial charge in [0.1, 0.15) is 0 Å². The van der Waals surface area contributed by atoms with Crippen molar-refractivity contribution in [3.63, 3.8) is 0 Å². The van der Waals surface area contributed by atoms with Gasteiger partial charge in [-0.1, -0.05) is 61.0 Å². The average molecular weight is 262 g/mol. The van der Waals surface area contributed by atoms with Gasteiger partial charge in [-0.25, -0.2) is 0 Å². The van der Waals surface area contributed by atoms with Crippen molar-refractivity contribution in [3.8, 4) is 0 Å². The van der Waals surface area contributed by atoms with E-state index < -0.39 is 0 Å². The van der Waals surface area contributed by atoms with Crippen LogP contribution in [0, 0.1) is 0 Å². The van der Waals surface area contributed by atoms with Crippen LogP contribution in [-0.2, 0) is 0 Å². The van der Waals surface area contributed by atoms with Crippen molar-refractivity contribution in [2.75, 3.05) is 0 Å². The van der Waals surface area contributed by atoms with Crippen LogP contribution in [0.2, 0.25) is 0 Å². The van der Waals surface area contributed by atoms with Gasteiger partial charge in [-0.05, 0) is 39.9 Å². The Balaban J connectivity index is 2.01. The molecule has 1 aliphatic rings. The number of aliphatic hydroxyl groups excluding tert-OH is 1. The Morgan fingerprint density at radius 2 is 1.60 bits per heavy atom. The normalized spacial score (nSPS) is 22.6. The maximum absolute atomic E-state index is 10.2. The third-order valence-corrected chi connectivity index (χ3v) is 4.70. The molecule has 0 spiro atoms. The predicted molar refractivity (Wildman–Crippen MR) is 84.1 cm³/mol. The summed E-state index contributed by atoms with van der Waals surface area (Å²) in [6, 6.07) is 19.5. The molecule has 100 valence electrons. The van der Waals surface area contributed by atoms with E-state index in [-0.39, 0.29) is 6.10 Å². The van der Waals surface area contributed by atoms with E-state index in [4.69, 9.17) is 0 Å². The van der Waals surface area contributed by atoms with Crippen LogP contribution in [-0.4, -0.2) is 11.2 Å². The second kappa shape index (κ2) is 4.60. The Morgan fingerprint density at radius 3 is 2.45 bits per heavy atom. The minimum absolute atomic E-state index is 0.174. The first-order chi connectivity index (χ1) is 9.84. The lowest BCUT2D eigenvalue weighted by Gasteiger charge is -2.18. The van der Waals surface area contributed by atoms with Crippen molar-refractivity contribution in [3.05, 3.63) is 60.2 Å². The van der Waals surface area contributed by atoms with E-state index in [1.54, 1.807) is 0 Å². The van der Waals surface area contributed by atoms with Crippen LogP contribution < -0.4 is 0 Å². The van der Waals surface area contributed by atoms with Crippen molar-refractivity contribution in [1.29, 1.82) is 0 Å². The molecule has 0 heterocycles. The average Bonchev–Trinajstić information content (AvgIpc) is 2.92. The SMILES string of the molecule is OC1CCCC1c1cccc2c1ccc1ccccc12. The van der Waals surface area contributed by atoms with Gasteiger partial charge in [0.05, 0.1) is 6.10 Å². The summed E-state index contributed by atoms with van der Waals surface area (Å²) in [6.07, 6.45) is 3.00. The lowest BCUT2D eigenvalue weighted by molar-refractivity contribution is 0.164. The topological polar surface area (TPSA) is 20.2 Å². The predicted octanol–water partition coefficient (Wildman–Crippen LogP) is 4.62. The Labute approximate surface area is 118 Å². The highest BCUT2D eigenvalue weighted by atomic mass is 16.3. The molecule has 1 nitrogen and oxygen atoms in total. The highest BCUT2D eigenvalue weighted by Gasteiger charge is 2.27. The maximum Gasteiger partial charge on any atom is 0.0608 e. The van der Waals surface area contributed by atoms with Crippen LogP contribution in [0.15, 0.2) is 54.6 Å². The largest absolute Gasteiger partial charge is 0.392 e. The summed E-state index contributed by atoms with van der Waals surface area (Å²) in [5.41, 5.74) is 1.32. The highest BCUT2D eigenvalue weighted by molar-refractivity contribution is 6.08. The Hall–Kier alpha value is -1.86. The van der Waals surface area contributed by atoms with E-state index in [9.17, 15) is 5.11 Å². The fourth-order valence-electron chi connectivity index (χ4n) is 3.69. The summed E-state index contributed by atoms with van der Waals surface area (Å²) >= 11 is 0. The van der Waals surface area contributed by atoms with Crippen molar-refractivity contribution in [2.45, 2.75) is 31.3 Å². The maximum atomic E-state index is 10.2. The molecule has 0 saturated heterocycles. The Kier molecular flexibility index (Phi) is 2.75. The van der Waals surface area contributed by atoms with E-state index in [1.807, 2.05) is 0 Å². The first-order valence-corrected chi connectivity index (χ1v) is 7.43. The number of benzene rings is 3. The van der Waals surface area contributed by atoms with Gasteiger partial charge in [0.15, 0.2) is 0 Å². The summed E-state index contributed by atoms with van der Waals surface area (Å²) in [4.78, 5) is 0. The van der Waals surface area contributed by atoms with E-state index in [2.05, 4.69) is 54.6 Å². The first-order valence-electron chi connectivity index (χ1n) is 7.43. The summed E-state index contributed by atoms with van der Waals surface area (Å²) in [6.45, 7) is 0. The van der Waals surface area contributed by atoms with Gasteiger partial charge in [-0.3, -0.25) is 0 Å². The minimum Gasteiger partial charge on any atom is -0.392 e. The number of hydrogen-bond donors (Lipinski definition) is 1. The number of fused-ring (bicyclic) bond motifs is 3. The fraction of sp³-hybridized carbons (Fsp3) is 0.263. The molecular formula is C19H18O. The molecule has 0 aliphatic heterocycles. The molecule has 0 amide bonds. The third-order valence-electron chi connectivity index (χ3n) is 4.70. The Bertz CT molecular complexity index is 775. The molecule has 1 heteroatoms. The van der Waals surface area contributed by atoms with Gasteiger partial charge in [0.2, 0.25) is 0 Å². The second-order valence-electron chi connectivity index (χ2n) is 5.83. The quantitative estimate of drug-likeness (QED) is 0.634. The number of aliphatic hydroxyl groups is 1. The van der Waals surface area contributed by atoms with E-state index in [0.29, 0.717) is 5.92 Å². The molecule has 1 aliphatic carbocycles. The molecule has 2 unspecified atom stereocenters. The lowest BCUT2D eigenvalue weighted by atomic mass is 9.89. The van der Waals surface area contributed by atoms with Crippen molar-refractivity contribution < 1.29 is 5.11 Å². The molecule has 1 N–H and O–H groups in total. The molecule has 20 heavy (non-hydrogen) atoms. The van der Waals surface area contributed by atoms with Crippen LogP contribution in [0.25, 0.3) is 21.5 Å². The third kappa shape index (κ3) is 1.74. The van der Waals surface area contributed by atoms with E-state index in [1.165, 1.54) is 27.1 Å². The van der Waals surface area contributed by atoms with Gasteiger partial charge in [0, 0.05) is 5.92 Å². The molecular weight excluding hydrogens is 244 g/mol. The van der Waals surface area contributed by atoms with Crippen LogP contribution in [0.4, 0.5) is 0 Å². The molecule has 3 aromatic rings. The van der Waals surface area contributed by atoms with Crippen LogP contribution in [0.3, 0.4) is 0 Å². The molecule has 0 bridgehead atoms. The summed E-state index contributed by atoms with van der Waals surface area (Å²) in [5.74, 6) is 0.305. The second-order valence-corrected chi connectivity index (χ2v) is 5.83. The molecule has 1 fully saturated rings. The van der Waals surface area contributed by atoms with Gasteiger partial charge in [0.25, 0.3) is 0 Å². The standard InChI is InChI=1S/C19H18O/c20-19-10-4-9-18(19)16-8-3-7-15-14-6-2-1-5-13(14)11-12-17(15)16/h1-3,5-8,11-12,18-20H,4,9-10H2. The summed E-state index contributed by atoms with van der Waals surface area (Å²) in [7, 11) is 0. The minimum atomic E-state index is -0.174. The molecule has 3 aromatic carbocycles. The van der Waals surface area contributed by atoms with Gasteiger partial charge < -0.3 is 5.11 Å². The molecule has 1 saturated carbocycles. The molecule has 0 radical (unpaired) electrons. The van der Waals surface area contributed by atoms with Crippen LogP contribution in [0.5, 0.6) is 0 Å². The zero-order valence-corrected chi connectivity index (χ0v) is 11.4. The number of hydrogen-bond acceptors (Lipinski definition) is 1. The summed E-state index contributed by atoms with van der Waals surface area (Å²) in [5, 5.41) is 15.4. The first kappa shape index (κ1) is 11.9. The van der Waals surface area contributed by atoms with Gasteiger partial charge in [-0.15, -0.1) is 0 Å². The fourth-order valence-corrected chi connectivity index (χ4v) is 3.69. The zero-order valence-electron chi connectivity index (χ0n) is 11.4. The van der Waals surface area contributed by atoms with Crippen molar-refractivity contribution >= 4 is 21.5 Å². The number of rotatable bonds is 1. The summed E-state index contributed by atoms with van der Waals surface area (Å²) < 4.78 is 0. The van der Waals surface area contributed by atoms with Crippen molar-refractivity contribution in [1.82, 2.24) is 0 Å². The van der Waals surface area contributed by atoms with E-state index in [0.717, 1.165) is 19.3 Å². The van der Waals surface area contributed by atoms with Crippen LogP contribution >= 0.6 is 0 Å². The van der Waals surface area contributed by atoms with Crippen LogP contribution in [0.1, 0.15) is 30.7 Å². The monoisotopic (exact) mass is 262 g/mol. The smallest absolute Gasteiger partial charge is 0.0608 e. The lowest BCUT2D eigenvalue weighted by Crippen LogP contribution is -2.11.